The monoisotopic (exact) mass is 412 g/mol. The van der Waals surface area contributed by atoms with Crippen LogP contribution in [0.15, 0.2) is 43.0 Å². The van der Waals surface area contributed by atoms with Crippen LogP contribution in [0.4, 0.5) is 8.78 Å². The van der Waals surface area contributed by atoms with E-state index in [9.17, 15) is 13.9 Å². The summed E-state index contributed by atoms with van der Waals surface area (Å²) >= 11 is 1.20. The largest absolute Gasteiger partial charge is 0.382 e. The van der Waals surface area contributed by atoms with Crippen molar-refractivity contribution < 1.29 is 13.9 Å². The predicted octanol–water partition coefficient (Wildman–Crippen LogP) is 3.12. The molecular weight excluding hydrogens is 398 g/mol. The van der Waals surface area contributed by atoms with Gasteiger partial charge in [0.2, 0.25) is 0 Å². The van der Waals surface area contributed by atoms with Crippen LogP contribution < -0.4 is 0 Å². The van der Waals surface area contributed by atoms with E-state index in [1.54, 1.807) is 19.1 Å². The van der Waals surface area contributed by atoms with Gasteiger partial charge < -0.3 is 5.11 Å². The summed E-state index contributed by atoms with van der Waals surface area (Å²) in [7, 11) is 0. The molecule has 0 aliphatic rings. The zero-order valence-electron chi connectivity index (χ0n) is 15.1. The molecule has 4 aromatic rings. The summed E-state index contributed by atoms with van der Waals surface area (Å²) in [6.45, 7) is 1.58. The fraction of sp³-hybridized carbons (Fsp3) is 0.211. The number of nitriles is 1. The normalized spacial score (nSPS) is 14.4. The molecule has 1 aromatic carbocycles. The van der Waals surface area contributed by atoms with E-state index in [0.717, 1.165) is 12.1 Å². The zero-order valence-corrected chi connectivity index (χ0v) is 15.9. The Morgan fingerprint density at radius 2 is 2.10 bits per heavy atom. The van der Waals surface area contributed by atoms with Crippen LogP contribution in [0.25, 0.3) is 10.3 Å². The first-order chi connectivity index (χ1) is 13.9. The summed E-state index contributed by atoms with van der Waals surface area (Å²) in [6, 6.07) is 8.24. The maximum Gasteiger partial charge on any atom is 0.145 e. The van der Waals surface area contributed by atoms with Gasteiger partial charge in [-0.2, -0.15) is 10.4 Å². The predicted molar refractivity (Wildman–Crippen MR) is 101 cm³/mol. The van der Waals surface area contributed by atoms with Crippen molar-refractivity contribution >= 4 is 21.7 Å². The molecule has 0 bridgehead atoms. The summed E-state index contributed by atoms with van der Waals surface area (Å²) < 4.78 is 29.5. The van der Waals surface area contributed by atoms with Gasteiger partial charge in [-0.05, 0) is 18.2 Å². The highest BCUT2D eigenvalue weighted by molar-refractivity contribution is 7.18. The van der Waals surface area contributed by atoms with Crippen LogP contribution in [0.5, 0.6) is 0 Å². The Bertz CT molecular complexity index is 1220. The number of hydrogen-bond acceptors (Lipinski definition) is 7. The number of thiazole rings is 1. The topological polar surface area (TPSA) is 101 Å². The van der Waals surface area contributed by atoms with Crippen LogP contribution in [0.1, 0.15) is 29.1 Å². The molecule has 0 saturated carbocycles. The minimum absolute atomic E-state index is 0.0770. The molecule has 146 valence electrons. The molecule has 3 heterocycles. The quantitative estimate of drug-likeness (QED) is 0.541. The average Bonchev–Trinajstić information content (AvgIpc) is 3.35. The molecule has 10 heteroatoms. The highest BCUT2D eigenvalue weighted by Gasteiger charge is 2.41. The number of fused-ring (bicyclic) bond motifs is 1. The van der Waals surface area contributed by atoms with Crippen LogP contribution >= 0.6 is 11.3 Å². The summed E-state index contributed by atoms with van der Waals surface area (Å²) in [6.07, 6.45) is 2.70. The van der Waals surface area contributed by atoms with Gasteiger partial charge in [0.1, 0.15) is 57.0 Å². The molecule has 1 N–H and O–H groups in total. The molecule has 0 spiro atoms. The second kappa shape index (κ2) is 7.27. The SMILES string of the molecule is CC(c1nc2ccc(C#N)nc2s1)C(O)(Cn1cncn1)c1ccc(F)cc1F. The minimum atomic E-state index is -1.79. The average molecular weight is 412 g/mol. The van der Waals surface area contributed by atoms with Gasteiger partial charge in [0.15, 0.2) is 0 Å². The van der Waals surface area contributed by atoms with E-state index >= 15 is 0 Å². The van der Waals surface area contributed by atoms with Gasteiger partial charge in [0.05, 0.1) is 6.54 Å². The molecular formula is C19H14F2N6OS. The molecule has 0 fully saturated rings. The van der Waals surface area contributed by atoms with Crippen molar-refractivity contribution in [2.24, 2.45) is 0 Å². The molecule has 0 aliphatic heterocycles. The molecule has 2 atom stereocenters. The fourth-order valence-corrected chi connectivity index (χ4v) is 4.22. The Hall–Kier alpha value is -3.29. The Morgan fingerprint density at radius 1 is 1.28 bits per heavy atom. The van der Waals surface area contributed by atoms with Crippen molar-refractivity contribution in [3.05, 3.63) is 70.9 Å². The van der Waals surface area contributed by atoms with Crippen molar-refractivity contribution in [2.45, 2.75) is 25.0 Å². The third-order valence-corrected chi connectivity index (χ3v) is 5.89. The van der Waals surface area contributed by atoms with Crippen molar-refractivity contribution in [1.82, 2.24) is 24.7 Å². The number of aromatic nitrogens is 5. The van der Waals surface area contributed by atoms with E-state index < -0.39 is 23.2 Å². The van der Waals surface area contributed by atoms with Gasteiger partial charge in [-0.3, -0.25) is 0 Å². The van der Waals surface area contributed by atoms with Gasteiger partial charge in [0, 0.05) is 17.5 Å². The second-order valence-corrected chi connectivity index (χ2v) is 7.56. The highest BCUT2D eigenvalue weighted by atomic mass is 32.1. The van der Waals surface area contributed by atoms with Crippen LogP contribution in [0.2, 0.25) is 0 Å². The van der Waals surface area contributed by atoms with E-state index in [-0.39, 0.29) is 17.8 Å². The smallest absolute Gasteiger partial charge is 0.145 e. The first-order valence-corrected chi connectivity index (χ1v) is 9.40. The van der Waals surface area contributed by atoms with Gasteiger partial charge in [0.25, 0.3) is 0 Å². The number of hydrogen-bond donors (Lipinski definition) is 1. The molecule has 29 heavy (non-hydrogen) atoms. The number of halogens is 2. The second-order valence-electron chi connectivity index (χ2n) is 6.55. The number of nitrogens with zero attached hydrogens (tertiary/aromatic N) is 6. The molecule has 0 amide bonds. The maximum absolute atomic E-state index is 14.6. The lowest BCUT2D eigenvalue weighted by atomic mass is 9.82. The third-order valence-electron chi connectivity index (χ3n) is 4.74. The first-order valence-electron chi connectivity index (χ1n) is 8.58. The molecule has 0 aliphatic carbocycles. The molecule has 2 unspecified atom stereocenters. The van der Waals surface area contributed by atoms with Crippen LogP contribution in [-0.4, -0.2) is 29.8 Å². The van der Waals surface area contributed by atoms with Crippen molar-refractivity contribution in [2.75, 3.05) is 0 Å². The van der Waals surface area contributed by atoms with E-state index in [1.165, 1.54) is 34.7 Å². The third kappa shape index (κ3) is 3.46. The van der Waals surface area contributed by atoms with Gasteiger partial charge >= 0.3 is 0 Å². The van der Waals surface area contributed by atoms with Gasteiger partial charge in [-0.15, -0.1) is 0 Å². The Balaban J connectivity index is 1.83. The highest BCUT2D eigenvalue weighted by Crippen LogP contribution is 2.41. The summed E-state index contributed by atoms with van der Waals surface area (Å²) in [4.78, 5) is 13.1. The number of benzene rings is 1. The van der Waals surface area contributed by atoms with Crippen molar-refractivity contribution in [3.8, 4) is 6.07 Å². The van der Waals surface area contributed by atoms with E-state index in [0.29, 0.717) is 15.4 Å². The summed E-state index contributed by atoms with van der Waals surface area (Å²) in [5.41, 5.74) is -1.05. The van der Waals surface area contributed by atoms with E-state index in [4.69, 9.17) is 5.26 Å². The maximum atomic E-state index is 14.6. The van der Waals surface area contributed by atoms with Crippen LogP contribution in [0, 0.1) is 23.0 Å². The molecule has 0 radical (unpaired) electrons. The van der Waals surface area contributed by atoms with Crippen LogP contribution in [-0.2, 0) is 12.1 Å². The number of pyridine rings is 1. The summed E-state index contributed by atoms with van der Waals surface area (Å²) in [5.74, 6) is -2.31. The van der Waals surface area contributed by atoms with Crippen LogP contribution in [0.3, 0.4) is 0 Å². The Kier molecular flexibility index (Phi) is 4.77. The lowest BCUT2D eigenvalue weighted by molar-refractivity contribution is -0.0112. The summed E-state index contributed by atoms with van der Waals surface area (Å²) in [5, 5.41) is 25.1. The number of rotatable bonds is 5. The zero-order chi connectivity index (χ0) is 20.6. The minimum Gasteiger partial charge on any atom is -0.382 e. The van der Waals surface area contributed by atoms with Crippen molar-refractivity contribution in [3.63, 3.8) is 0 Å². The molecule has 3 aromatic heterocycles. The fourth-order valence-electron chi connectivity index (χ4n) is 3.14. The first kappa shape index (κ1) is 19.0. The van der Waals surface area contributed by atoms with Gasteiger partial charge in [-0.25, -0.2) is 28.4 Å². The van der Waals surface area contributed by atoms with Crippen molar-refractivity contribution in [1.29, 1.82) is 5.26 Å². The Labute approximate surface area is 167 Å². The standard InChI is InChI=1S/C19H14F2N6OS/c1-11(17-26-16-5-3-13(7-22)25-18(16)29-17)19(28,8-27-10-23-9-24-27)14-4-2-12(20)6-15(14)21/h2-6,9-11,28H,8H2,1H3. The van der Waals surface area contributed by atoms with Gasteiger partial charge in [-0.1, -0.05) is 24.3 Å². The Morgan fingerprint density at radius 3 is 2.79 bits per heavy atom. The molecule has 7 nitrogen and oxygen atoms in total. The lowest BCUT2D eigenvalue weighted by Crippen LogP contribution is -2.38. The van der Waals surface area contributed by atoms with E-state index in [1.807, 2.05) is 6.07 Å². The molecule has 4 rings (SSSR count). The molecule has 0 saturated heterocycles. The van der Waals surface area contributed by atoms with E-state index in [2.05, 4.69) is 20.1 Å². The lowest BCUT2D eigenvalue weighted by Gasteiger charge is -2.33. The number of aliphatic hydroxyl groups is 1.